The average Bonchev–Trinajstić information content (AvgIpc) is 3.25. The number of methoxy groups -OCH3 is 2. The third-order valence-electron chi connectivity index (χ3n) is 5.16. The monoisotopic (exact) mass is 526 g/mol. The van der Waals surface area contributed by atoms with Gasteiger partial charge in [-0.3, -0.25) is 19.8 Å². The van der Waals surface area contributed by atoms with Gasteiger partial charge in [0.2, 0.25) is 0 Å². The molecule has 0 bridgehead atoms. The quantitative estimate of drug-likeness (QED) is 0.308. The fraction of sp³-hybridized carbons (Fsp3) is 0.0800. The fourth-order valence-electron chi connectivity index (χ4n) is 3.49. The van der Waals surface area contributed by atoms with Crippen LogP contribution in [0.5, 0.6) is 11.5 Å². The predicted octanol–water partition coefficient (Wildman–Crippen LogP) is 4.93. The number of anilines is 2. The molecule has 0 aliphatic carbocycles. The SMILES string of the molecule is COc1cccc(NC(=O)C(=O)Nn2c(C(=O)Nc3ccc(Cl)c(Cl)c3)cc3cccc(OC)c32)c1. The Morgan fingerprint density at radius 2 is 1.53 bits per heavy atom. The highest BCUT2D eigenvalue weighted by Crippen LogP contribution is 2.29. The molecule has 0 spiro atoms. The van der Waals surface area contributed by atoms with Crippen LogP contribution in [0.15, 0.2) is 66.7 Å². The van der Waals surface area contributed by atoms with Crippen molar-refractivity contribution < 1.29 is 23.9 Å². The number of fused-ring (bicyclic) bond motifs is 1. The summed E-state index contributed by atoms with van der Waals surface area (Å²) in [5.74, 6) is -1.63. The maximum absolute atomic E-state index is 13.2. The minimum Gasteiger partial charge on any atom is -0.497 e. The van der Waals surface area contributed by atoms with Crippen molar-refractivity contribution in [3.63, 3.8) is 0 Å². The predicted molar refractivity (Wildman–Crippen MR) is 139 cm³/mol. The van der Waals surface area contributed by atoms with Crippen LogP contribution in [-0.4, -0.2) is 36.6 Å². The van der Waals surface area contributed by atoms with E-state index in [1.54, 1.807) is 60.7 Å². The Kier molecular flexibility index (Phi) is 7.33. The molecule has 11 heteroatoms. The molecule has 0 saturated carbocycles. The molecule has 4 rings (SSSR count). The second-order valence-corrected chi connectivity index (χ2v) is 8.29. The molecule has 0 saturated heterocycles. The van der Waals surface area contributed by atoms with Crippen molar-refractivity contribution in [1.29, 1.82) is 0 Å². The Labute approximate surface area is 215 Å². The van der Waals surface area contributed by atoms with Crippen LogP contribution in [0.2, 0.25) is 10.0 Å². The van der Waals surface area contributed by atoms with Crippen LogP contribution in [0.3, 0.4) is 0 Å². The molecule has 3 N–H and O–H groups in total. The van der Waals surface area contributed by atoms with E-state index in [0.29, 0.717) is 38.8 Å². The molecule has 0 fully saturated rings. The Hall–Kier alpha value is -4.21. The van der Waals surface area contributed by atoms with Gasteiger partial charge in [0.1, 0.15) is 22.7 Å². The molecule has 3 amide bonds. The number of aromatic nitrogens is 1. The summed E-state index contributed by atoms with van der Waals surface area (Å²) >= 11 is 12.0. The largest absolute Gasteiger partial charge is 0.497 e. The van der Waals surface area contributed by atoms with Gasteiger partial charge in [-0.1, -0.05) is 41.4 Å². The summed E-state index contributed by atoms with van der Waals surface area (Å²) in [5.41, 5.74) is 3.68. The lowest BCUT2D eigenvalue weighted by Crippen LogP contribution is -2.36. The number of ether oxygens (including phenoxy) is 2. The zero-order valence-electron chi connectivity index (χ0n) is 19.1. The van der Waals surface area contributed by atoms with E-state index in [2.05, 4.69) is 16.1 Å². The highest BCUT2D eigenvalue weighted by Gasteiger charge is 2.23. The molecule has 0 atom stereocenters. The van der Waals surface area contributed by atoms with Crippen LogP contribution in [-0.2, 0) is 9.59 Å². The van der Waals surface area contributed by atoms with Crippen molar-refractivity contribution in [2.24, 2.45) is 0 Å². The van der Waals surface area contributed by atoms with Gasteiger partial charge in [0.15, 0.2) is 0 Å². The lowest BCUT2D eigenvalue weighted by molar-refractivity contribution is -0.133. The molecule has 36 heavy (non-hydrogen) atoms. The number of halogens is 2. The number of carbonyl (C=O) groups is 3. The zero-order valence-corrected chi connectivity index (χ0v) is 20.6. The molecular formula is C25H20Cl2N4O5. The number of nitrogens with zero attached hydrogens (tertiary/aromatic N) is 1. The smallest absolute Gasteiger partial charge is 0.328 e. The maximum atomic E-state index is 13.2. The second-order valence-electron chi connectivity index (χ2n) is 7.47. The summed E-state index contributed by atoms with van der Waals surface area (Å²) in [4.78, 5) is 38.7. The van der Waals surface area contributed by atoms with Gasteiger partial charge >= 0.3 is 11.8 Å². The van der Waals surface area contributed by atoms with Crippen LogP contribution >= 0.6 is 23.2 Å². The molecule has 0 aliphatic heterocycles. The summed E-state index contributed by atoms with van der Waals surface area (Å²) in [7, 11) is 2.95. The lowest BCUT2D eigenvalue weighted by Gasteiger charge is -2.14. The van der Waals surface area contributed by atoms with Crippen LogP contribution in [0.25, 0.3) is 10.9 Å². The van der Waals surface area contributed by atoms with Crippen LogP contribution in [0.1, 0.15) is 10.5 Å². The van der Waals surface area contributed by atoms with E-state index in [4.69, 9.17) is 32.7 Å². The van der Waals surface area contributed by atoms with E-state index in [1.165, 1.54) is 25.0 Å². The van der Waals surface area contributed by atoms with Crippen molar-refractivity contribution in [2.45, 2.75) is 0 Å². The third-order valence-corrected chi connectivity index (χ3v) is 5.90. The van der Waals surface area contributed by atoms with E-state index < -0.39 is 17.7 Å². The molecule has 3 aromatic carbocycles. The van der Waals surface area contributed by atoms with Gasteiger partial charge in [-0.15, -0.1) is 0 Å². The zero-order chi connectivity index (χ0) is 25.8. The lowest BCUT2D eigenvalue weighted by atomic mass is 10.2. The summed E-state index contributed by atoms with van der Waals surface area (Å²) in [6, 6.07) is 17.9. The third kappa shape index (κ3) is 5.22. The first kappa shape index (κ1) is 24.9. The number of hydrogen-bond acceptors (Lipinski definition) is 5. The van der Waals surface area contributed by atoms with Crippen LogP contribution in [0.4, 0.5) is 11.4 Å². The first-order chi connectivity index (χ1) is 17.3. The number of nitrogens with one attached hydrogen (secondary N) is 3. The van der Waals surface area contributed by atoms with Gasteiger partial charge in [0.25, 0.3) is 5.91 Å². The highest BCUT2D eigenvalue weighted by molar-refractivity contribution is 6.43. The van der Waals surface area contributed by atoms with Crippen LogP contribution < -0.4 is 25.5 Å². The van der Waals surface area contributed by atoms with E-state index in [9.17, 15) is 14.4 Å². The van der Waals surface area contributed by atoms with Gasteiger partial charge in [-0.25, -0.2) is 4.68 Å². The molecule has 9 nitrogen and oxygen atoms in total. The van der Waals surface area contributed by atoms with Gasteiger partial charge in [0.05, 0.1) is 24.3 Å². The Bertz CT molecular complexity index is 1480. The first-order valence-corrected chi connectivity index (χ1v) is 11.3. The molecule has 0 radical (unpaired) electrons. The Balaban J connectivity index is 1.66. The van der Waals surface area contributed by atoms with Crippen molar-refractivity contribution in [3.05, 3.63) is 82.5 Å². The van der Waals surface area contributed by atoms with E-state index >= 15 is 0 Å². The van der Waals surface area contributed by atoms with Crippen molar-refractivity contribution in [2.75, 3.05) is 30.3 Å². The number of rotatable bonds is 6. The number of benzene rings is 3. The average molecular weight is 527 g/mol. The number of para-hydroxylation sites is 1. The van der Waals surface area contributed by atoms with E-state index in [-0.39, 0.29) is 10.7 Å². The van der Waals surface area contributed by atoms with E-state index in [0.717, 1.165) is 0 Å². The van der Waals surface area contributed by atoms with Gasteiger partial charge in [-0.2, -0.15) is 0 Å². The standard InChI is InChI=1S/C25H20Cl2N4O5/c1-35-17-7-4-6-15(12-17)29-24(33)25(34)30-31-20(11-14-5-3-8-21(36-2)22(14)31)23(32)28-16-9-10-18(26)19(27)13-16/h3-13H,1-2H3,(H,28,32)(H,29,33)(H,30,34). The molecule has 0 aliphatic rings. The fourth-order valence-corrected chi connectivity index (χ4v) is 3.78. The molecule has 4 aromatic rings. The Morgan fingerprint density at radius 1 is 0.778 bits per heavy atom. The van der Waals surface area contributed by atoms with Crippen molar-refractivity contribution in [1.82, 2.24) is 4.68 Å². The first-order valence-electron chi connectivity index (χ1n) is 10.5. The minimum absolute atomic E-state index is 0.0445. The maximum Gasteiger partial charge on any atom is 0.328 e. The van der Waals surface area contributed by atoms with E-state index in [1.807, 2.05) is 0 Å². The number of carbonyl (C=O) groups excluding carboxylic acids is 3. The Morgan fingerprint density at radius 3 is 2.25 bits per heavy atom. The van der Waals surface area contributed by atoms with Gasteiger partial charge < -0.3 is 20.1 Å². The van der Waals surface area contributed by atoms with Crippen LogP contribution in [0, 0.1) is 0 Å². The molecule has 1 heterocycles. The molecule has 184 valence electrons. The summed E-state index contributed by atoms with van der Waals surface area (Å²) in [6.45, 7) is 0. The number of hydrogen-bond donors (Lipinski definition) is 3. The second kappa shape index (κ2) is 10.6. The van der Waals surface area contributed by atoms with Gasteiger partial charge in [0, 0.05) is 22.8 Å². The summed E-state index contributed by atoms with van der Waals surface area (Å²) < 4.78 is 11.8. The summed E-state index contributed by atoms with van der Waals surface area (Å²) in [6.07, 6.45) is 0. The molecule has 1 aromatic heterocycles. The molecule has 0 unspecified atom stereocenters. The minimum atomic E-state index is -1.01. The normalized spacial score (nSPS) is 10.6. The topological polar surface area (TPSA) is 111 Å². The number of amides is 3. The molecular weight excluding hydrogens is 507 g/mol. The van der Waals surface area contributed by atoms with Crippen molar-refractivity contribution >= 4 is 63.2 Å². The highest BCUT2D eigenvalue weighted by atomic mass is 35.5. The van der Waals surface area contributed by atoms with Crippen molar-refractivity contribution in [3.8, 4) is 11.5 Å². The summed E-state index contributed by atoms with van der Waals surface area (Å²) in [5, 5.41) is 6.41. The van der Waals surface area contributed by atoms with Gasteiger partial charge in [-0.05, 0) is 42.5 Å².